The highest BCUT2D eigenvalue weighted by Crippen LogP contribution is 2.06. The molecule has 0 radical (unpaired) electrons. The molecule has 2 rings (SSSR count). The third-order valence-electron chi connectivity index (χ3n) is 3.61. The Morgan fingerprint density at radius 3 is 2.75 bits per heavy atom. The molecular formula is C12H25N3O. The second-order valence-electron chi connectivity index (χ2n) is 4.98. The van der Waals surface area contributed by atoms with Gasteiger partial charge in [0, 0.05) is 39.3 Å². The van der Waals surface area contributed by atoms with Gasteiger partial charge in [-0.15, -0.1) is 0 Å². The van der Waals surface area contributed by atoms with Gasteiger partial charge in [-0.05, 0) is 26.4 Å². The lowest BCUT2D eigenvalue weighted by Gasteiger charge is -2.32. The Balaban J connectivity index is 1.53. The van der Waals surface area contributed by atoms with Crippen LogP contribution in [-0.4, -0.2) is 75.4 Å². The largest absolute Gasteiger partial charge is 0.376 e. The van der Waals surface area contributed by atoms with Gasteiger partial charge >= 0.3 is 0 Å². The van der Waals surface area contributed by atoms with Crippen molar-refractivity contribution >= 4 is 0 Å². The normalized spacial score (nSPS) is 29.4. The Labute approximate surface area is 98.9 Å². The Kier molecular flexibility index (Phi) is 5.03. The Morgan fingerprint density at radius 2 is 2.06 bits per heavy atom. The summed E-state index contributed by atoms with van der Waals surface area (Å²) in [5, 5.41) is 3.38. The molecule has 2 aliphatic heterocycles. The van der Waals surface area contributed by atoms with E-state index < -0.39 is 0 Å². The number of rotatable bonds is 4. The molecule has 2 heterocycles. The zero-order chi connectivity index (χ0) is 11.2. The summed E-state index contributed by atoms with van der Waals surface area (Å²) in [5.74, 6) is 0. The van der Waals surface area contributed by atoms with Gasteiger partial charge < -0.3 is 15.0 Å². The summed E-state index contributed by atoms with van der Waals surface area (Å²) in [7, 11) is 2.20. The number of likely N-dealkylation sites (N-methyl/N-ethyl adjacent to an activating group) is 1. The van der Waals surface area contributed by atoms with E-state index in [9.17, 15) is 0 Å². The molecule has 0 aliphatic carbocycles. The van der Waals surface area contributed by atoms with Crippen molar-refractivity contribution < 1.29 is 4.74 Å². The maximum atomic E-state index is 5.89. The second kappa shape index (κ2) is 6.55. The lowest BCUT2D eigenvalue weighted by atomic mass is 10.1. The maximum Gasteiger partial charge on any atom is 0.0700 e. The first-order valence-electron chi connectivity index (χ1n) is 6.58. The van der Waals surface area contributed by atoms with E-state index in [0.717, 1.165) is 26.2 Å². The van der Waals surface area contributed by atoms with Crippen LogP contribution in [0.3, 0.4) is 0 Å². The van der Waals surface area contributed by atoms with Gasteiger partial charge in [-0.1, -0.05) is 0 Å². The first-order valence-corrected chi connectivity index (χ1v) is 6.58. The minimum absolute atomic E-state index is 0.459. The monoisotopic (exact) mass is 227 g/mol. The van der Waals surface area contributed by atoms with Crippen molar-refractivity contribution in [3.05, 3.63) is 0 Å². The van der Waals surface area contributed by atoms with Crippen molar-refractivity contribution in [2.24, 2.45) is 0 Å². The molecule has 0 amide bonds. The smallest absolute Gasteiger partial charge is 0.0700 e. The average Bonchev–Trinajstić information content (AvgIpc) is 2.33. The fraction of sp³-hybridized carbons (Fsp3) is 1.00. The number of ether oxygens (including phenoxy) is 1. The van der Waals surface area contributed by atoms with Crippen LogP contribution in [-0.2, 0) is 4.74 Å². The fourth-order valence-corrected chi connectivity index (χ4v) is 2.38. The van der Waals surface area contributed by atoms with Crippen molar-refractivity contribution in [3.63, 3.8) is 0 Å². The number of nitrogens with one attached hydrogen (secondary N) is 1. The van der Waals surface area contributed by atoms with Gasteiger partial charge in [-0.25, -0.2) is 0 Å². The van der Waals surface area contributed by atoms with Crippen molar-refractivity contribution in [3.8, 4) is 0 Å². The molecule has 2 aliphatic rings. The summed E-state index contributed by atoms with van der Waals surface area (Å²) in [5.41, 5.74) is 0. The second-order valence-corrected chi connectivity index (χ2v) is 4.98. The third kappa shape index (κ3) is 4.01. The minimum atomic E-state index is 0.459. The summed E-state index contributed by atoms with van der Waals surface area (Å²) < 4.78 is 5.89. The first-order chi connectivity index (χ1) is 7.84. The van der Waals surface area contributed by atoms with E-state index in [4.69, 9.17) is 4.74 Å². The van der Waals surface area contributed by atoms with Gasteiger partial charge in [0.2, 0.25) is 0 Å². The summed E-state index contributed by atoms with van der Waals surface area (Å²) in [6.45, 7) is 9.00. The van der Waals surface area contributed by atoms with Gasteiger partial charge in [-0.2, -0.15) is 0 Å². The van der Waals surface area contributed by atoms with Crippen molar-refractivity contribution in [1.29, 1.82) is 0 Å². The molecule has 0 saturated carbocycles. The van der Waals surface area contributed by atoms with Gasteiger partial charge in [0.05, 0.1) is 12.7 Å². The first kappa shape index (κ1) is 12.3. The van der Waals surface area contributed by atoms with Crippen LogP contribution in [0.5, 0.6) is 0 Å². The maximum absolute atomic E-state index is 5.89. The molecule has 0 bridgehead atoms. The highest BCUT2D eigenvalue weighted by atomic mass is 16.5. The lowest BCUT2D eigenvalue weighted by molar-refractivity contribution is 0.0175. The highest BCUT2D eigenvalue weighted by molar-refractivity contribution is 4.71. The van der Waals surface area contributed by atoms with Crippen molar-refractivity contribution in [2.75, 3.05) is 59.5 Å². The van der Waals surface area contributed by atoms with Crippen molar-refractivity contribution in [2.45, 2.75) is 18.9 Å². The van der Waals surface area contributed by atoms with Gasteiger partial charge in [0.15, 0.2) is 0 Å². The molecule has 2 saturated heterocycles. The quantitative estimate of drug-likeness (QED) is 0.732. The van der Waals surface area contributed by atoms with E-state index in [2.05, 4.69) is 22.2 Å². The fourth-order valence-electron chi connectivity index (χ4n) is 2.38. The van der Waals surface area contributed by atoms with Gasteiger partial charge in [-0.3, -0.25) is 4.90 Å². The number of piperazine rings is 1. The van der Waals surface area contributed by atoms with Crippen LogP contribution < -0.4 is 5.32 Å². The van der Waals surface area contributed by atoms with E-state index in [1.54, 1.807) is 0 Å². The Hall–Kier alpha value is -0.160. The van der Waals surface area contributed by atoms with Crippen LogP contribution in [0.2, 0.25) is 0 Å². The predicted octanol–water partition coefficient (Wildman–Crippen LogP) is 0.00240. The number of hydrogen-bond acceptors (Lipinski definition) is 4. The van der Waals surface area contributed by atoms with Crippen LogP contribution in [0.25, 0.3) is 0 Å². The Morgan fingerprint density at radius 1 is 1.25 bits per heavy atom. The number of hydrogen-bond donors (Lipinski definition) is 1. The molecule has 4 nitrogen and oxygen atoms in total. The van der Waals surface area contributed by atoms with Gasteiger partial charge in [0.1, 0.15) is 0 Å². The van der Waals surface area contributed by atoms with Gasteiger partial charge in [0.25, 0.3) is 0 Å². The number of piperidine rings is 1. The summed E-state index contributed by atoms with van der Waals surface area (Å²) in [6, 6.07) is 0. The van der Waals surface area contributed by atoms with Crippen LogP contribution in [0.4, 0.5) is 0 Å². The van der Waals surface area contributed by atoms with E-state index in [1.807, 2.05) is 0 Å². The van der Waals surface area contributed by atoms with Crippen molar-refractivity contribution in [1.82, 2.24) is 15.1 Å². The topological polar surface area (TPSA) is 27.7 Å². The SMILES string of the molecule is CN1CCN(CCOC2CCCNC2)CC1. The molecule has 1 N–H and O–H groups in total. The zero-order valence-electron chi connectivity index (χ0n) is 10.5. The number of nitrogens with zero attached hydrogens (tertiary/aromatic N) is 2. The summed E-state index contributed by atoms with van der Waals surface area (Å²) >= 11 is 0. The molecule has 1 unspecified atom stereocenters. The van der Waals surface area contributed by atoms with E-state index in [-0.39, 0.29) is 0 Å². The predicted molar refractivity (Wildman–Crippen MR) is 65.8 cm³/mol. The highest BCUT2D eigenvalue weighted by Gasteiger charge is 2.15. The van der Waals surface area contributed by atoms with Crippen LogP contribution in [0, 0.1) is 0 Å². The lowest BCUT2D eigenvalue weighted by Crippen LogP contribution is -2.46. The molecule has 94 valence electrons. The zero-order valence-corrected chi connectivity index (χ0v) is 10.5. The molecule has 0 aromatic carbocycles. The molecule has 0 aromatic rings. The molecule has 2 fully saturated rings. The van der Waals surface area contributed by atoms with E-state index in [0.29, 0.717) is 6.10 Å². The molecule has 4 heteroatoms. The third-order valence-corrected chi connectivity index (χ3v) is 3.61. The minimum Gasteiger partial charge on any atom is -0.376 e. The molecule has 0 aromatic heterocycles. The summed E-state index contributed by atoms with van der Waals surface area (Å²) in [6.07, 6.45) is 2.95. The van der Waals surface area contributed by atoms with Crippen LogP contribution in [0.1, 0.15) is 12.8 Å². The summed E-state index contributed by atoms with van der Waals surface area (Å²) in [4.78, 5) is 4.90. The molecular weight excluding hydrogens is 202 g/mol. The Bertz CT molecular complexity index is 187. The van der Waals surface area contributed by atoms with E-state index in [1.165, 1.54) is 39.0 Å². The molecule has 1 atom stereocenters. The molecule has 16 heavy (non-hydrogen) atoms. The molecule has 0 spiro atoms. The van der Waals surface area contributed by atoms with E-state index >= 15 is 0 Å². The van der Waals surface area contributed by atoms with Crippen LogP contribution >= 0.6 is 0 Å². The van der Waals surface area contributed by atoms with Crippen LogP contribution in [0.15, 0.2) is 0 Å². The standard InChI is InChI=1S/C12H25N3O/c1-14-5-7-15(8-6-14)9-10-16-12-3-2-4-13-11-12/h12-13H,2-11H2,1H3. The average molecular weight is 227 g/mol.